The van der Waals surface area contributed by atoms with Gasteiger partial charge in [0.2, 0.25) is 0 Å². The van der Waals surface area contributed by atoms with Crippen LogP contribution < -0.4 is 0 Å². The maximum atomic E-state index is 5.52. The van der Waals surface area contributed by atoms with Crippen molar-refractivity contribution in [2.75, 3.05) is 60.3 Å². The molecule has 0 saturated carbocycles. The van der Waals surface area contributed by atoms with Crippen LogP contribution in [0.3, 0.4) is 0 Å². The van der Waals surface area contributed by atoms with E-state index in [2.05, 4.69) is 25.8 Å². The average Bonchev–Trinajstić information content (AvgIpc) is 2.38. The topological polar surface area (TPSA) is 30.9 Å². The molecule has 0 aliphatic heterocycles. The molecule has 4 heteroatoms. The summed E-state index contributed by atoms with van der Waals surface area (Å²) in [4.78, 5) is 2.20. The third kappa shape index (κ3) is 12.3. The van der Waals surface area contributed by atoms with Gasteiger partial charge >= 0.3 is 0 Å². The van der Waals surface area contributed by atoms with Crippen LogP contribution in [0.25, 0.3) is 0 Å². The first-order chi connectivity index (χ1) is 8.70. The van der Waals surface area contributed by atoms with Crippen LogP contribution in [0.1, 0.15) is 26.7 Å². The molecule has 0 bridgehead atoms. The van der Waals surface area contributed by atoms with Crippen molar-refractivity contribution in [3.8, 4) is 0 Å². The SMILES string of the molecule is CCC(C)CCOCCOCCN(C)CCOC. The molecule has 0 aromatic rings. The first kappa shape index (κ1) is 17.8. The molecule has 0 N–H and O–H groups in total. The zero-order valence-electron chi connectivity index (χ0n) is 12.6. The third-order valence-corrected chi connectivity index (χ3v) is 3.12. The van der Waals surface area contributed by atoms with Gasteiger partial charge in [0.1, 0.15) is 0 Å². The molecule has 0 saturated heterocycles. The lowest BCUT2D eigenvalue weighted by atomic mass is 10.1. The molecule has 0 spiro atoms. The normalized spacial score (nSPS) is 13.2. The number of methoxy groups -OCH3 is 1. The first-order valence-electron chi connectivity index (χ1n) is 7.03. The second-order valence-electron chi connectivity index (χ2n) is 4.82. The van der Waals surface area contributed by atoms with Crippen LogP contribution in [0, 0.1) is 5.92 Å². The number of ether oxygens (including phenoxy) is 3. The van der Waals surface area contributed by atoms with Crippen LogP contribution in [0.15, 0.2) is 0 Å². The highest BCUT2D eigenvalue weighted by molar-refractivity contribution is 4.50. The number of hydrogen-bond donors (Lipinski definition) is 0. The minimum Gasteiger partial charge on any atom is -0.383 e. The molecule has 0 rings (SSSR count). The molecule has 18 heavy (non-hydrogen) atoms. The molecule has 0 aliphatic carbocycles. The Kier molecular flexibility index (Phi) is 13.2. The molecule has 4 nitrogen and oxygen atoms in total. The van der Waals surface area contributed by atoms with E-state index in [-0.39, 0.29) is 0 Å². The first-order valence-corrected chi connectivity index (χ1v) is 7.03. The minimum atomic E-state index is 0.693. The van der Waals surface area contributed by atoms with Gasteiger partial charge in [-0.25, -0.2) is 0 Å². The van der Waals surface area contributed by atoms with Gasteiger partial charge in [-0.15, -0.1) is 0 Å². The summed E-state index contributed by atoms with van der Waals surface area (Å²) in [5.74, 6) is 0.764. The summed E-state index contributed by atoms with van der Waals surface area (Å²) < 4.78 is 16.0. The fourth-order valence-corrected chi connectivity index (χ4v) is 1.39. The second-order valence-corrected chi connectivity index (χ2v) is 4.82. The summed E-state index contributed by atoms with van der Waals surface area (Å²) >= 11 is 0. The maximum Gasteiger partial charge on any atom is 0.0701 e. The fourth-order valence-electron chi connectivity index (χ4n) is 1.39. The quantitative estimate of drug-likeness (QED) is 0.475. The Labute approximate surface area is 113 Å². The number of hydrogen-bond acceptors (Lipinski definition) is 4. The van der Waals surface area contributed by atoms with Gasteiger partial charge in [-0.2, -0.15) is 0 Å². The van der Waals surface area contributed by atoms with E-state index in [1.54, 1.807) is 7.11 Å². The van der Waals surface area contributed by atoms with Crippen molar-refractivity contribution in [3.05, 3.63) is 0 Å². The van der Waals surface area contributed by atoms with Crippen molar-refractivity contribution in [3.63, 3.8) is 0 Å². The van der Waals surface area contributed by atoms with Gasteiger partial charge in [0.15, 0.2) is 0 Å². The van der Waals surface area contributed by atoms with Crippen LogP contribution in [-0.4, -0.2) is 65.2 Å². The van der Waals surface area contributed by atoms with Crippen molar-refractivity contribution in [2.24, 2.45) is 5.92 Å². The molecule has 0 amide bonds. The highest BCUT2D eigenvalue weighted by Gasteiger charge is 1.99. The molecule has 1 unspecified atom stereocenters. The van der Waals surface area contributed by atoms with Crippen molar-refractivity contribution in [1.82, 2.24) is 4.90 Å². The van der Waals surface area contributed by atoms with Gasteiger partial charge in [0, 0.05) is 26.8 Å². The summed E-state index contributed by atoms with van der Waals surface area (Å²) in [6.07, 6.45) is 2.38. The summed E-state index contributed by atoms with van der Waals surface area (Å²) in [6.45, 7) is 10.2. The van der Waals surface area contributed by atoms with Crippen LogP contribution in [0.4, 0.5) is 0 Å². The van der Waals surface area contributed by atoms with E-state index in [0.717, 1.165) is 45.2 Å². The van der Waals surface area contributed by atoms with Crippen molar-refractivity contribution in [1.29, 1.82) is 0 Å². The predicted molar refractivity (Wildman–Crippen MR) is 75.1 cm³/mol. The van der Waals surface area contributed by atoms with Crippen molar-refractivity contribution >= 4 is 0 Å². The van der Waals surface area contributed by atoms with E-state index in [9.17, 15) is 0 Å². The van der Waals surface area contributed by atoms with Gasteiger partial charge in [0.05, 0.1) is 26.4 Å². The Morgan fingerprint density at radius 1 is 0.944 bits per heavy atom. The maximum absolute atomic E-state index is 5.52. The molecule has 0 aliphatic rings. The lowest BCUT2D eigenvalue weighted by molar-refractivity contribution is 0.0351. The molecule has 0 aromatic heterocycles. The molecule has 0 fully saturated rings. The van der Waals surface area contributed by atoms with Crippen molar-refractivity contribution < 1.29 is 14.2 Å². The Balaban J connectivity index is 3.11. The molecular weight excluding hydrogens is 230 g/mol. The van der Waals surface area contributed by atoms with Gasteiger partial charge in [-0.1, -0.05) is 20.3 Å². The zero-order chi connectivity index (χ0) is 13.6. The molecule has 1 atom stereocenters. The van der Waals surface area contributed by atoms with E-state index in [4.69, 9.17) is 14.2 Å². The van der Waals surface area contributed by atoms with E-state index in [0.29, 0.717) is 13.2 Å². The molecule has 0 aromatic carbocycles. The lowest BCUT2D eigenvalue weighted by Gasteiger charge is -2.15. The fraction of sp³-hybridized carbons (Fsp3) is 1.00. The highest BCUT2D eigenvalue weighted by atomic mass is 16.5. The number of likely N-dealkylation sites (N-methyl/N-ethyl adjacent to an activating group) is 1. The van der Waals surface area contributed by atoms with E-state index < -0.39 is 0 Å². The van der Waals surface area contributed by atoms with E-state index in [1.807, 2.05) is 0 Å². The average molecular weight is 261 g/mol. The third-order valence-electron chi connectivity index (χ3n) is 3.12. The number of rotatable bonds is 13. The van der Waals surface area contributed by atoms with Gasteiger partial charge in [-0.3, -0.25) is 0 Å². The minimum absolute atomic E-state index is 0.693. The van der Waals surface area contributed by atoms with E-state index >= 15 is 0 Å². The number of nitrogens with zero attached hydrogens (tertiary/aromatic N) is 1. The second kappa shape index (κ2) is 13.3. The van der Waals surface area contributed by atoms with Gasteiger partial charge in [-0.05, 0) is 19.4 Å². The Morgan fingerprint density at radius 3 is 2.17 bits per heavy atom. The monoisotopic (exact) mass is 261 g/mol. The van der Waals surface area contributed by atoms with Crippen LogP contribution >= 0.6 is 0 Å². The predicted octanol–water partition coefficient (Wildman–Crippen LogP) is 2.03. The van der Waals surface area contributed by atoms with Gasteiger partial charge < -0.3 is 19.1 Å². The van der Waals surface area contributed by atoms with Crippen LogP contribution in [0.5, 0.6) is 0 Å². The lowest BCUT2D eigenvalue weighted by Crippen LogP contribution is -2.27. The van der Waals surface area contributed by atoms with Crippen LogP contribution in [0.2, 0.25) is 0 Å². The molecule has 110 valence electrons. The summed E-state index contributed by atoms with van der Waals surface area (Å²) in [5.41, 5.74) is 0. The zero-order valence-corrected chi connectivity index (χ0v) is 12.6. The van der Waals surface area contributed by atoms with E-state index in [1.165, 1.54) is 6.42 Å². The Bertz CT molecular complexity index is 167. The Hall–Kier alpha value is -0.160. The Morgan fingerprint density at radius 2 is 1.56 bits per heavy atom. The summed E-state index contributed by atoms with van der Waals surface area (Å²) in [7, 11) is 3.80. The smallest absolute Gasteiger partial charge is 0.0701 e. The van der Waals surface area contributed by atoms with Gasteiger partial charge in [0.25, 0.3) is 0 Å². The van der Waals surface area contributed by atoms with Crippen LogP contribution in [-0.2, 0) is 14.2 Å². The standard InChI is InChI=1S/C14H31NO3/c1-5-14(2)6-9-17-12-13-18-11-8-15(3)7-10-16-4/h14H,5-13H2,1-4H3. The summed E-state index contributed by atoms with van der Waals surface area (Å²) in [6, 6.07) is 0. The largest absolute Gasteiger partial charge is 0.383 e. The molecular formula is C14H31NO3. The molecule has 0 heterocycles. The summed E-state index contributed by atoms with van der Waals surface area (Å²) in [5, 5.41) is 0. The van der Waals surface area contributed by atoms with Crippen molar-refractivity contribution in [2.45, 2.75) is 26.7 Å². The molecule has 0 radical (unpaired) electrons. The highest BCUT2D eigenvalue weighted by Crippen LogP contribution is 2.05.